The van der Waals surface area contributed by atoms with Crippen molar-refractivity contribution in [3.63, 3.8) is 0 Å². The molecule has 1 amide bonds. The zero-order valence-electron chi connectivity index (χ0n) is 17.3. The monoisotopic (exact) mass is 481 g/mol. The number of aryl methyl sites for hydroxylation is 2. The molecule has 0 fully saturated rings. The first-order valence-corrected chi connectivity index (χ1v) is 12.3. The van der Waals surface area contributed by atoms with Gasteiger partial charge in [0.2, 0.25) is 5.91 Å². The molecule has 0 bridgehead atoms. The molecule has 2 aromatic heterocycles. The number of H-pyrrole nitrogens is 1. The Morgan fingerprint density at radius 3 is 2.75 bits per heavy atom. The highest BCUT2D eigenvalue weighted by Crippen LogP contribution is 2.34. The number of amides is 1. The van der Waals surface area contributed by atoms with Crippen LogP contribution in [-0.2, 0) is 29.6 Å². The van der Waals surface area contributed by atoms with Crippen LogP contribution in [0.25, 0.3) is 10.2 Å². The van der Waals surface area contributed by atoms with Crippen molar-refractivity contribution in [1.82, 2.24) is 15.3 Å². The fraction of sp³-hybridized carbons (Fsp3) is 0.409. The number of halogens is 3. The summed E-state index contributed by atoms with van der Waals surface area (Å²) in [5.41, 5.74) is 0.954. The molecular weight excluding hydrogens is 459 g/mol. The molecule has 2 N–H and O–H groups in total. The van der Waals surface area contributed by atoms with E-state index in [1.807, 2.05) is 0 Å². The number of thioether (sulfide) groups is 1. The lowest BCUT2D eigenvalue weighted by molar-refractivity contribution is -0.137. The first kappa shape index (κ1) is 22.8. The van der Waals surface area contributed by atoms with Gasteiger partial charge >= 0.3 is 6.18 Å². The van der Waals surface area contributed by atoms with Gasteiger partial charge in [-0.1, -0.05) is 12.1 Å². The van der Waals surface area contributed by atoms with Gasteiger partial charge < -0.3 is 10.3 Å². The minimum Gasteiger partial charge on any atom is -0.350 e. The number of carbonyl (C=O) groups is 1. The standard InChI is InChI=1S/C22H22F3N3O2S2/c1-12(13-5-7-14(8-6-13)22(23,24)25)26-18(29)9-10-31-11-17-27-20(30)19-15-3-2-4-16(15)32-21(19)28-17/h5-8,12H,2-4,9-11H2,1H3,(H,26,29)(H,27,28,30). The number of thiophene rings is 1. The maximum Gasteiger partial charge on any atom is 0.416 e. The molecule has 2 heterocycles. The highest BCUT2D eigenvalue weighted by atomic mass is 32.2. The Morgan fingerprint density at radius 1 is 1.28 bits per heavy atom. The molecule has 1 atom stereocenters. The molecule has 5 nitrogen and oxygen atoms in total. The SMILES string of the molecule is CC(NC(=O)CCSCc1nc2sc3c(c2c(=O)[nH]1)CCC3)c1ccc(C(F)(F)F)cc1. The predicted molar refractivity (Wildman–Crippen MR) is 121 cm³/mol. The number of aromatic amines is 1. The van der Waals surface area contributed by atoms with Crippen LogP contribution < -0.4 is 10.9 Å². The number of nitrogens with one attached hydrogen (secondary N) is 2. The summed E-state index contributed by atoms with van der Waals surface area (Å²) in [6.07, 6.45) is -1.08. The molecule has 170 valence electrons. The number of rotatable bonds is 7. The molecule has 4 rings (SSSR count). The quantitative estimate of drug-likeness (QED) is 0.466. The number of benzene rings is 1. The van der Waals surface area contributed by atoms with Gasteiger partial charge in [0.05, 0.1) is 22.7 Å². The number of carbonyl (C=O) groups excluding carboxylic acids is 1. The summed E-state index contributed by atoms with van der Waals surface area (Å²) in [5.74, 6) is 1.45. The van der Waals surface area contributed by atoms with Gasteiger partial charge in [0.15, 0.2) is 0 Å². The van der Waals surface area contributed by atoms with Gasteiger partial charge in [0.25, 0.3) is 5.56 Å². The minimum atomic E-state index is -4.38. The number of alkyl halides is 3. The largest absolute Gasteiger partial charge is 0.416 e. The molecule has 1 unspecified atom stereocenters. The van der Waals surface area contributed by atoms with E-state index < -0.39 is 17.8 Å². The van der Waals surface area contributed by atoms with Crippen molar-refractivity contribution in [2.24, 2.45) is 0 Å². The van der Waals surface area contributed by atoms with Gasteiger partial charge in [-0.25, -0.2) is 4.98 Å². The molecule has 0 spiro atoms. The Kier molecular flexibility index (Phi) is 6.62. The second-order valence-electron chi connectivity index (χ2n) is 7.76. The van der Waals surface area contributed by atoms with E-state index in [0.29, 0.717) is 22.9 Å². The van der Waals surface area contributed by atoms with Crippen LogP contribution in [0, 0.1) is 0 Å². The molecule has 0 radical (unpaired) electrons. The lowest BCUT2D eigenvalue weighted by atomic mass is 10.1. The third kappa shape index (κ3) is 5.01. The Balaban J connectivity index is 1.26. The summed E-state index contributed by atoms with van der Waals surface area (Å²) in [7, 11) is 0. The van der Waals surface area contributed by atoms with Gasteiger partial charge in [0.1, 0.15) is 10.7 Å². The fourth-order valence-electron chi connectivity index (χ4n) is 3.81. The Labute approximate surface area is 190 Å². The normalized spacial score (nSPS) is 14.5. The van der Waals surface area contributed by atoms with Crippen molar-refractivity contribution in [1.29, 1.82) is 0 Å². The third-order valence-corrected chi connectivity index (χ3v) is 7.61. The van der Waals surface area contributed by atoms with Crippen LogP contribution in [0.15, 0.2) is 29.1 Å². The van der Waals surface area contributed by atoms with Crippen LogP contribution in [0.2, 0.25) is 0 Å². The Hall–Kier alpha value is -2.33. The molecule has 0 aliphatic heterocycles. The number of nitrogens with zero attached hydrogens (tertiary/aromatic N) is 1. The molecule has 1 aromatic carbocycles. The molecule has 1 aliphatic carbocycles. The van der Waals surface area contributed by atoms with E-state index in [1.54, 1.807) is 18.3 Å². The minimum absolute atomic E-state index is 0.0897. The first-order chi connectivity index (χ1) is 15.2. The zero-order chi connectivity index (χ0) is 22.9. The van der Waals surface area contributed by atoms with E-state index in [1.165, 1.54) is 28.8 Å². The third-order valence-electron chi connectivity index (χ3n) is 5.45. The van der Waals surface area contributed by atoms with E-state index in [9.17, 15) is 22.8 Å². The van der Waals surface area contributed by atoms with Crippen molar-refractivity contribution < 1.29 is 18.0 Å². The Bertz CT molecular complexity index is 1190. The van der Waals surface area contributed by atoms with Crippen LogP contribution in [0.1, 0.15) is 53.2 Å². The number of hydrogen-bond acceptors (Lipinski definition) is 5. The summed E-state index contributed by atoms with van der Waals surface area (Å²) in [4.78, 5) is 34.2. The maximum atomic E-state index is 12.7. The topological polar surface area (TPSA) is 74.8 Å². The summed E-state index contributed by atoms with van der Waals surface area (Å²) < 4.78 is 38.0. The number of hydrogen-bond donors (Lipinski definition) is 2. The summed E-state index contributed by atoms with van der Waals surface area (Å²) >= 11 is 3.10. The maximum absolute atomic E-state index is 12.7. The van der Waals surface area contributed by atoms with Gasteiger partial charge in [-0.2, -0.15) is 24.9 Å². The summed E-state index contributed by atoms with van der Waals surface area (Å²) in [6, 6.07) is 4.39. The zero-order valence-corrected chi connectivity index (χ0v) is 19.0. The van der Waals surface area contributed by atoms with Gasteiger partial charge in [-0.05, 0) is 49.4 Å². The van der Waals surface area contributed by atoms with Crippen LogP contribution in [-0.4, -0.2) is 21.6 Å². The fourth-order valence-corrected chi connectivity index (χ4v) is 5.89. The predicted octanol–water partition coefficient (Wildman–Crippen LogP) is 4.99. The highest BCUT2D eigenvalue weighted by molar-refractivity contribution is 7.98. The van der Waals surface area contributed by atoms with Crippen LogP contribution >= 0.6 is 23.1 Å². The molecule has 10 heteroatoms. The van der Waals surface area contributed by atoms with Gasteiger partial charge in [-0.3, -0.25) is 9.59 Å². The molecule has 1 aliphatic rings. The second kappa shape index (κ2) is 9.27. The van der Waals surface area contributed by atoms with Crippen LogP contribution in [0.4, 0.5) is 13.2 Å². The van der Waals surface area contributed by atoms with E-state index in [2.05, 4.69) is 15.3 Å². The number of fused-ring (bicyclic) bond motifs is 3. The molecule has 32 heavy (non-hydrogen) atoms. The summed E-state index contributed by atoms with van der Waals surface area (Å²) in [6.45, 7) is 1.73. The van der Waals surface area contributed by atoms with Gasteiger partial charge in [0, 0.05) is 17.1 Å². The van der Waals surface area contributed by atoms with E-state index in [0.717, 1.165) is 47.2 Å². The van der Waals surface area contributed by atoms with Crippen LogP contribution in [0.5, 0.6) is 0 Å². The van der Waals surface area contributed by atoms with Gasteiger partial charge in [-0.15, -0.1) is 11.3 Å². The van der Waals surface area contributed by atoms with E-state index in [4.69, 9.17) is 0 Å². The lowest BCUT2D eigenvalue weighted by Gasteiger charge is -2.15. The van der Waals surface area contributed by atoms with Crippen molar-refractivity contribution in [2.75, 3.05) is 5.75 Å². The van der Waals surface area contributed by atoms with Crippen molar-refractivity contribution in [3.05, 3.63) is 62.0 Å². The molecule has 0 saturated carbocycles. The van der Waals surface area contributed by atoms with Crippen molar-refractivity contribution in [3.8, 4) is 0 Å². The smallest absolute Gasteiger partial charge is 0.350 e. The van der Waals surface area contributed by atoms with Crippen molar-refractivity contribution >= 4 is 39.2 Å². The second-order valence-corrected chi connectivity index (χ2v) is 9.95. The number of aromatic nitrogens is 2. The molecular formula is C22H22F3N3O2S2. The summed E-state index contributed by atoms with van der Waals surface area (Å²) in [5, 5.41) is 3.53. The highest BCUT2D eigenvalue weighted by Gasteiger charge is 2.30. The van der Waals surface area contributed by atoms with Crippen LogP contribution in [0.3, 0.4) is 0 Å². The van der Waals surface area contributed by atoms with E-state index in [-0.39, 0.29) is 17.9 Å². The molecule has 3 aromatic rings. The lowest BCUT2D eigenvalue weighted by Crippen LogP contribution is -2.27. The van der Waals surface area contributed by atoms with E-state index >= 15 is 0 Å². The first-order valence-electron chi connectivity index (χ1n) is 10.3. The van der Waals surface area contributed by atoms with Crippen molar-refractivity contribution in [2.45, 2.75) is 50.6 Å². The Morgan fingerprint density at radius 2 is 2.03 bits per heavy atom. The average molecular weight is 482 g/mol. The molecule has 0 saturated heterocycles. The average Bonchev–Trinajstić information content (AvgIpc) is 3.31.